The summed E-state index contributed by atoms with van der Waals surface area (Å²) in [6.07, 6.45) is 7.07. The molecule has 0 saturated heterocycles. The van der Waals surface area contributed by atoms with Crippen molar-refractivity contribution < 1.29 is 0 Å². The summed E-state index contributed by atoms with van der Waals surface area (Å²) in [6, 6.07) is 0.669. The zero-order valence-electron chi connectivity index (χ0n) is 8.42. The van der Waals surface area contributed by atoms with Gasteiger partial charge in [-0.25, -0.2) is 4.98 Å². The van der Waals surface area contributed by atoms with E-state index in [1.54, 1.807) is 0 Å². The highest BCUT2D eigenvalue weighted by Crippen LogP contribution is 2.56. The van der Waals surface area contributed by atoms with Crippen LogP contribution in [0.4, 0.5) is 5.13 Å². The minimum Gasteiger partial charge on any atom is -0.358 e. The first kappa shape index (κ1) is 8.65. The molecule has 0 aromatic carbocycles. The molecule has 76 valence electrons. The van der Waals surface area contributed by atoms with E-state index < -0.39 is 0 Å². The van der Waals surface area contributed by atoms with E-state index in [2.05, 4.69) is 14.7 Å². The molecule has 1 spiro atoms. The number of rotatable bonds is 2. The molecule has 0 radical (unpaired) electrons. The van der Waals surface area contributed by atoms with Crippen LogP contribution in [0, 0.1) is 12.3 Å². The number of aryl methyl sites for hydroxylation is 1. The minimum atomic E-state index is 0.669. The van der Waals surface area contributed by atoms with Crippen LogP contribution in [-0.2, 0) is 0 Å². The average molecular weight is 209 g/mol. The van der Waals surface area contributed by atoms with Crippen LogP contribution in [0.25, 0.3) is 0 Å². The second kappa shape index (κ2) is 2.92. The van der Waals surface area contributed by atoms with E-state index in [9.17, 15) is 0 Å². The maximum atomic E-state index is 4.32. The van der Waals surface area contributed by atoms with Crippen LogP contribution in [0.5, 0.6) is 0 Å². The predicted molar refractivity (Wildman–Crippen MR) is 57.6 cm³/mol. The van der Waals surface area contributed by atoms with Crippen molar-refractivity contribution in [2.45, 2.75) is 45.1 Å². The smallest absolute Gasteiger partial charge is 0.202 e. The van der Waals surface area contributed by atoms with Gasteiger partial charge in [-0.2, -0.15) is 4.37 Å². The quantitative estimate of drug-likeness (QED) is 0.813. The maximum Gasteiger partial charge on any atom is 0.202 e. The summed E-state index contributed by atoms with van der Waals surface area (Å²) in [7, 11) is 0. The van der Waals surface area contributed by atoms with Gasteiger partial charge in [0.2, 0.25) is 5.13 Å². The average Bonchev–Trinajstić information content (AvgIpc) is 2.39. The lowest BCUT2D eigenvalue weighted by Crippen LogP contribution is -2.49. The Labute approximate surface area is 88.1 Å². The van der Waals surface area contributed by atoms with Gasteiger partial charge in [0.15, 0.2) is 0 Å². The number of nitrogens with one attached hydrogen (secondary N) is 1. The second-order valence-electron chi connectivity index (χ2n) is 4.75. The molecular formula is C10H15N3S. The molecule has 1 aromatic rings. The predicted octanol–water partition coefficient (Wildman–Crippen LogP) is 2.59. The summed E-state index contributed by atoms with van der Waals surface area (Å²) in [4.78, 5) is 4.32. The number of anilines is 1. The Morgan fingerprint density at radius 2 is 2.21 bits per heavy atom. The van der Waals surface area contributed by atoms with Crippen LogP contribution in [-0.4, -0.2) is 15.4 Å². The molecule has 3 nitrogen and oxygen atoms in total. The lowest BCUT2D eigenvalue weighted by atomic mass is 9.54. The molecule has 2 aliphatic carbocycles. The highest BCUT2D eigenvalue weighted by molar-refractivity contribution is 7.09. The Morgan fingerprint density at radius 3 is 2.71 bits per heavy atom. The van der Waals surface area contributed by atoms with Gasteiger partial charge < -0.3 is 5.32 Å². The Balaban J connectivity index is 1.55. The van der Waals surface area contributed by atoms with E-state index in [-0.39, 0.29) is 0 Å². The summed E-state index contributed by atoms with van der Waals surface area (Å²) in [5, 5.41) is 4.47. The van der Waals surface area contributed by atoms with Gasteiger partial charge in [-0.1, -0.05) is 6.42 Å². The van der Waals surface area contributed by atoms with Gasteiger partial charge in [0.05, 0.1) is 0 Å². The molecule has 4 heteroatoms. The van der Waals surface area contributed by atoms with Crippen molar-refractivity contribution >= 4 is 16.7 Å². The lowest BCUT2D eigenvalue weighted by molar-refractivity contribution is 0.0192. The molecule has 0 amide bonds. The Bertz CT molecular complexity index is 335. The topological polar surface area (TPSA) is 37.8 Å². The molecule has 0 atom stereocenters. The third kappa shape index (κ3) is 1.32. The Hall–Kier alpha value is -0.640. The van der Waals surface area contributed by atoms with Crippen molar-refractivity contribution in [3.8, 4) is 0 Å². The molecule has 3 rings (SSSR count). The number of aromatic nitrogens is 2. The van der Waals surface area contributed by atoms with Crippen LogP contribution in [0.2, 0.25) is 0 Å². The fraction of sp³-hybridized carbons (Fsp3) is 0.800. The van der Waals surface area contributed by atoms with Crippen LogP contribution in [0.15, 0.2) is 0 Å². The Kier molecular flexibility index (Phi) is 1.81. The third-order valence-electron chi connectivity index (χ3n) is 3.63. The van der Waals surface area contributed by atoms with Crippen molar-refractivity contribution in [2.75, 3.05) is 5.32 Å². The van der Waals surface area contributed by atoms with Crippen molar-refractivity contribution in [1.82, 2.24) is 9.36 Å². The molecule has 1 heterocycles. The van der Waals surface area contributed by atoms with Crippen molar-refractivity contribution in [3.63, 3.8) is 0 Å². The number of hydrogen-bond acceptors (Lipinski definition) is 4. The van der Waals surface area contributed by atoms with Crippen molar-refractivity contribution in [3.05, 3.63) is 5.82 Å². The zero-order chi connectivity index (χ0) is 9.60. The zero-order valence-corrected chi connectivity index (χ0v) is 9.23. The molecule has 0 unspecified atom stereocenters. The highest BCUT2D eigenvalue weighted by Gasteiger charge is 2.48. The van der Waals surface area contributed by atoms with Crippen molar-refractivity contribution in [1.29, 1.82) is 0 Å². The second-order valence-corrected chi connectivity index (χ2v) is 5.50. The number of hydrogen-bond donors (Lipinski definition) is 1. The van der Waals surface area contributed by atoms with E-state index >= 15 is 0 Å². The van der Waals surface area contributed by atoms with Gasteiger partial charge in [0.1, 0.15) is 5.82 Å². The van der Waals surface area contributed by atoms with E-state index in [1.165, 1.54) is 43.6 Å². The lowest BCUT2D eigenvalue weighted by Gasteiger charge is -2.54. The van der Waals surface area contributed by atoms with Gasteiger partial charge >= 0.3 is 0 Å². The molecular weight excluding hydrogens is 194 g/mol. The van der Waals surface area contributed by atoms with Crippen LogP contribution < -0.4 is 5.32 Å². The molecule has 2 aliphatic rings. The van der Waals surface area contributed by atoms with E-state index in [0.29, 0.717) is 6.04 Å². The normalized spacial score (nSPS) is 24.4. The fourth-order valence-corrected chi connectivity index (χ4v) is 3.35. The molecule has 1 aromatic heterocycles. The standard InChI is InChI=1S/C10H15N3S/c1-7-11-9(14-13-7)12-8-5-10(6-8)3-2-4-10/h8H,2-6H2,1H3,(H,11,12,13). The first-order valence-corrected chi connectivity index (χ1v) is 6.10. The molecule has 1 N–H and O–H groups in total. The van der Waals surface area contributed by atoms with Crippen LogP contribution in [0.1, 0.15) is 37.9 Å². The monoisotopic (exact) mass is 209 g/mol. The van der Waals surface area contributed by atoms with Gasteiger partial charge in [-0.3, -0.25) is 0 Å². The summed E-state index contributed by atoms with van der Waals surface area (Å²) in [5.41, 5.74) is 0.747. The van der Waals surface area contributed by atoms with E-state index in [0.717, 1.165) is 16.4 Å². The maximum absolute atomic E-state index is 4.32. The van der Waals surface area contributed by atoms with Crippen LogP contribution in [0.3, 0.4) is 0 Å². The molecule has 2 fully saturated rings. The summed E-state index contributed by atoms with van der Waals surface area (Å²) >= 11 is 1.48. The summed E-state index contributed by atoms with van der Waals surface area (Å²) in [5.74, 6) is 0.884. The molecule has 2 saturated carbocycles. The Morgan fingerprint density at radius 1 is 1.43 bits per heavy atom. The molecule has 0 bridgehead atoms. The fourth-order valence-electron chi connectivity index (χ4n) is 2.70. The SMILES string of the molecule is Cc1nsc(NC2CC3(CCC3)C2)n1. The highest BCUT2D eigenvalue weighted by atomic mass is 32.1. The first-order chi connectivity index (χ1) is 6.76. The van der Waals surface area contributed by atoms with E-state index in [4.69, 9.17) is 0 Å². The minimum absolute atomic E-state index is 0.669. The summed E-state index contributed by atoms with van der Waals surface area (Å²) in [6.45, 7) is 1.94. The number of nitrogens with zero attached hydrogens (tertiary/aromatic N) is 2. The van der Waals surface area contributed by atoms with Gasteiger partial charge in [0.25, 0.3) is 0 Å². The first-order valence-electron chi connectivity index (χ1n) is 5.33. The van der Waals surface area contributed by atoms with E-state index in [1.807, 2.05) is 6.92 Å². The van der Waals surface area contributed by atoms with Crippen LogP contribution >= 0.6 is 11.5 Å². The van der Waals surface area contributed by atoms with Gasteiger partial charge in [-0.15, -0.1) is 0 Å². The van der Waals surface area contributed by atoms with Crippen molar-refractivity contribution in [2.24, 2.45) is 5.41 Å². The van der Waals surface area contributed by atoms with Gasteiger partial charge in [0, 0.05) is 17.6 Å². The van der Waals surface area contributed by atoms with Gasteiger partial charge in [-0.05, 0) is 38.0 Å². The molecule has 14 heavy (non-hydrogen) atoms. The molecule has 0 aliphatic heterocycles. The summed E-state index contributed by atoms with van der Waals surface area (Å²) < 4.78 is 4.17. The largest absolute Gasteiger partial charge is 0.358 e. The third-order valence-corrected chi connectivity index (χ3v) is 4.37.